The molecule has 0 spiro atoms. The molecular formula is C16H21N5O2. The average Bonchev–Trinajstić information content (AvgIpc) is 3.20. The molecule has 0 saturated heterocycles. The van der Waals surface area contributed by atoms with Crippen LogP contribution in [0.25, 0.3) is 11.0 Å². The number of benzene rings is 1. The van der Waals surface area contributed by atoms with Crippen molar-refractivity contribution in [2.24, 2.45) is 4.99 Å². The van der Waals surface area contributed by atoms with Gasteiger partial charge in [-0.25, -0.2) is 9.78 Å². The van der Waals surface area contributed by atoms with Crippen molar-refractivity contribution in [3.05, 3.63) is 23.5 Å². The lowest BCUT2D eigenvalue weighted by molar-refractivity contribution is 0.0487. The summed E-state index contributed by atoms with van der Waals surface area (Å²) in [6.45, 7) is 6.09. The van der Waals surface area contributed by atoms with Crippen LogP contribution in [0.15, 0.2) is 17.1 Å². The van der Waals surface area contributed by atoms with E-state index in [9.17, 15) is 4.79 Å². The minimum atomic E-state index is -0.407. The number of carbonyl (C=O) groups is 1. The highest BCUT2D eigenvalue weighted by molar-refractivity contribution is 5.92. The molecule has 7 heteroatoms. The Bertz CT molecular complexity index is 737. The number of H-pyrrole nitrogens is 1. The largest absolute Gasteiger partial charge is 0.460 e. The Labute approximate surface area is 134 Å². The molecule has 1 aromatic carbocycles. The summed E-state index contributed by atoms with van der Waals surface area (Å²) in [6, 6.07) is 3.88. The van der Waals surface area contributed by atoms with E-state index in [0.29, 0.717) is 6.61 Å². The summed E-state index contributed by atoms with van der Waals surface area (Å²) in [6.07, 6.45) is 3.63. The van der Waals surface area contributed by atoms with Crippen molar-refractivity contribution >= 4 is 29.0 Å². The van der Waals surface area contributed by atoms with Gasteiger partial charge in [0.1, 0.15) is 6.34 Å². The van der Waals surface area contributed by atoms with Crippen LogP contribution < -0.4 is 5.43 Å². The number of imidazole rings is 1. The number of rotatable bonds is 6. The standard InChI is InChI=1S/C16H21N5O2/c1-3-4-9-23-16(22)15-18-13-6-5-12(11(2)14(13)19-15)20-21-8-7-17-10-21/h5-6,10,20H,3-4,7-9H2,1-2H3,(H,18,19). The Hall–Kier alpha value is -2.57. The molecule has 0 atom stereocenters. The third-order valence-corrected chi connectivity index (χ3v) is 3.79. The number of hydrazine groups is 1. The van der Waals surface area contributed by atoms with Gasteiger partial charge in [-0.1, -0.05) is 13.3 Å². The van der Waals surface area contributed by atoms with E-state index in [-0.39, 0.29) is 5.82 Å². The molecule has 1 aliphatic rings. The van der Waals surface area contributed by atoms with Crippen LogP contribution in [0.2, 0.25) is 0 Å². The lowest BCUT2D eigenvalue weighted by atomic mass is 10.1. The zero-order valence-electron chi connectivity index (χ0n) is 13.4. The quantitative estimate of drug-likeness (QED) is 0.632. The summed E-state index contributed by atoms with van der Waals surface area (Å²) >= 11 is 0. The van der Waals surface area contributed by atoms with Crippen molar-refractivity contribution in [2.45, 2.75) is 26.7 Å². The van der Waals surface area contributed by atoms with E-state index in [0.717, 1.165) is 48.2 Å². The highest BCUT2D eigenvalue weighted by atomic mass is 16.5. The second-order valence-electron chi connectivity index (χ2n) is 5.54. The average molecular weight is 315 g/mol. The van der Waals surface area contributed by atoms with Gasteiger partial charge in [0.2, 0.25) is 5.82 Å². The smallest absolute Gasteiger partial charge is 0.374 e. The zero-order chi connectivity index (χ0) is 16.2. The normalized spacial score (nSPS) is 13.7. The van der Waals surface area contributed by atoms with Gasteiger partial charge in [-0.05, 0) is 25.5 Å². The van der Waals surface area contributed by atoms with Crippen LogP contribution in [-0.4, -0.2) is 47.0 Å². The number of ether oxygens (including phenoxy) is 1. The number of aromatic nitrogens is 2. The number of fused-ring (bicyclic) bond motifs is 1. The van der Waals surface area contributed by atoms with Crippen molar-refractivity contribution in [1.82, 2.24) is 15.0 Å². The van der Waals surface area contributed by atoms with E-state index in [4.69, 9.17) is 4.74 Å². The minimum Gasteiger partial charge on any atom is -0.460 e. The molecule has 0 bridgehead atoms. The van der Waals surface area contributed by atoms with Crippen LogP contribution in [0.5, 0.6) is 0 Å². The van der Waals surface area contributed by atoms with E-state index >= 15 is 0 Å². The molecule has 2 N–H and O–H groups in total. The van der Waals surface area contributed by atoms with Crippen molar-refractivity contribution in [3.8, 4) is 0 Å². The number of nitrogens with zero attached hydrogens (tertiary/aromatic N) is 3. The van der Waals surface area contributed by atoms with Gasteiger partial charge >= 0.3 is 5.97 Å². The third-order valence-electron chi connectivity index (χ3n) is 3.79. The fourth-order valence-electron chi connectivity index (χ4n) is 2.43. The topological polar surface area (TPSA) is 82.6 Å². The number of aliphatic imine (C=N–C) groups is 1. The number of carbonyl (C=O) groups excluding carboxylic acids is 1. The van der Waals surface area contributed by atoms with E-state index in [2.05, 4.69) is 27.3 Å². The van der Waals surface area contributed by atoms with Crippen molar-refractivity contribution in [1.29, 1.82) is 0 Å². The molecule has 0 saturated carbocycles. The predicted molar refractivity (Wildman–Crippen MR) is 89.7 cm³/mol. The number of aromatic amines is 1. The van der Waals surface area contributed by atoms with Crippen molar-refractivity contribution in [3.63, 3.8) is 0 Å². The Balaban J connectivity index is 1.80. The van der Waals surface area contributed by atoms with Crippen LogP contribution in [0, 0.1) is 6.92 Å². The lowest BCUT2D eigenvalue weighted by Crippen LogP contribution is -2.26. The van der Waals surface area contributed by atoms with Gasteiger partial charge in [0.25, 0.3) is 0 Å². The summed E-state index contributed by atoms with van der Waals surface area (Å²) in [5, 5.41) is 1.93. The summed E-state index contributed by atoms with van der Waals surface area (Å²) in [7, 11) is 0. The Morgan fingerprint density at radius 2 is 2.35 bits per heavy atom. The second-order valence-corrected chi connectivity index (χ2v) is 5.54. The first-order valence-electron chi connectivity index (χ1n) is 7.88. The van der Waals surface area contributed by atoms with Crippen LogP contribution in [0.3, 0.4) is 0 Å². The van der Waals surface area contributed by atoms with Gasteiger partial charge in [-0.15, -0.1) is 0 Å². The van der Waals surface area contributed by atoms with Gasteiger partial charge in [0.15, 0.2) is 0 Å². The Morgan fingerprint density at radius 3 is 3.09 bits per heavy atom. The molecule has 0 fully saturated rings. The molecule has 0 amide bonds. The fraction of sp³-hybridized carbons (Fsp3) is 0.438. The SMILES string of the molecule is CCCCOC(=O)c1nc2c(C)c(NN3C=NCC3)ccc2[nH]1. The van der Waals surface area contributed by atoms with Crippen LogP contribution in [-0.2, 0) is 4.74 Å². The molecule has 2 heterocycles. The Morgan fingerprint density at radius 1 is 1.48 bits per heavy atom. The van der Waals surface area contributed by atoms with Crippen molar-refractivity contribution in [2.75, 3.05) is 25.1 Å². The summed E-state index contributed by atoms with van der Waals surface area (Å²) in [5.74, 6) is -0.158. The number of hydrogen-bond donors (Lipinski definition) is 2. The van der Waals surface area contributed by atoms with E-state index < -0.39 is 5.97 Å². The maximum atomic E-state index is 12.0. The van der Waals surface area contributed by atoms with Crippen LogP contribution in [0.1, 0.15) is 35.9 Å². The number of hydrogen-bond acceptors (Lipinski definition) is 6. The highest BCUT2D eigenvalue weighted by Crippen LogP contribution is 2.24. The highest BCUT2D eigenvalue weighted by Gasteiger charge is 2.16. The Kier molecular flexibility index (Phi) is 4.45. The fourth-order valence-corrected chi connectivity index (χ4v) is 2.43. The predicted octanol–water partition coefficient (Wildman–Crippen LogP) is 2.50. The first kappa shape index (κ1) is 15.3. The van der Waals surface area contributed by atoms with E-state index in [1.54, 1.807) is 6.34 Å². The van der Waals surface area contributed by atoms with E-state index in [1.807, 2.05) is 24.1 Å². The molecular weight excluding hydrogens is 294 g/mol. The molecule has 0 radical (unpaired) electrons. The maximum Gasteiger partial charge on any atom is 0.374 e. The minimum absolute atomic E-state index is 0.249. The molecule has 0 aliphatic carbocycles. The molecule has 3 rings (SSSR count). The maximum absolute atomic E-state index is 12.0. The molecule has 0 unspecified atom stereocenters. The number of unbranched alkanes of at least 4 members (excludes halogenated alkanes) is 1. The second kappa shape index (κ2) is 6.68. The van der Waals surface area contributed by atoms with Gasteiger partial charge in [-0.2, -0.15) is 0 Å². The number of aryl methyl sites for hydroxylation is 1. The number of nitrogens with one attached hydrogen (secondary N) is 2. The van der Waals surface area contributed by atoms with E-state index in [1.165, 1.54) is 0 Å². The van der Waals surface area contributed by atoms with Crippen molar-refractivity contribution < 1.29 is 9.53 Å². The third kappa shape index (κ3) is 3.28. The summed E-state index contributed by atoms with van der Waals surface area (Å²) in [5.41, 5.74) is 6.82. The molecule has 122 valence electrons. The summed E-state index contributed by atoms with van der Waals surface area (Å²) in [4.78, 5) is 23.6. The van der Waals surface area contributed by atoms with Gasteiger partial charge in [-0.3, -0.25) is 15.4 Å². The van der Waals surface area contributed by atoms with Gasteiger partial charge < -0.3 is 9.72 Å². The van der Waals surface area contributed by atoms with Crippen LogP contribution >= 0.6 is 0 Å². The molecule has 1 aromatic heterocycles. The van der Waals surface area contributed by atoms with Gasteiger partial charge in [0, 0.05) is 5.56 Å². The van der Waals surface area contributed by atoms with Crippen LogP contribution in [0.4, 0.5) is 5.69 Å². The molecule has 2 aromatic rings. The number of esters is 1. The van der Waals surface area contributed by atoms with Gasteiger partial charge in [0.05, 0.1) is 36.4 Å². The molecule has 7 nitrogen and oxygen atoms in total. The monoisotopic (exact) mass is 315 g/mol. The first-order valence-corrected chi connectivity index (χ1v) is 7.88. The lowest BCUT2D eigenvalue weighted by Gasteiger charge is -2.18. The molecule has 1 aliphatic heterocycles. The zero-order valence-corrected chi connectivity index (χ0v) is 13.4. The number of anilines is 1. The molecule has 23 heavy (non-hydrogen) atoms. The first-order chi connectivity index (χ1) is 11.2. The summed E-state index contributed by atoms with van der Waals surface area (Å²) < 4.78 is 5.20.